The van der Waals surface area contributed by atoms with E-state index in [1.807, 2.05) is 26.8 Å². The molecule has 150 valence electrons. The molecular weight excluding hydrogens is 413 g/mol. The zero-order valence-corrected chi connectivity index (χ0v) is 18.0. The van der Waals surface area contributed by atoms with Gasteiger partial charge >= 0.3 is 6.09 Å². The molecule has 2 fully saturated rings. The van der Waals surface area contributed by atoms with Crippen LogP contribution in [0.25, 0.3) is 0 Å². The summed E-state index contributed by atoms with van der Waals surface area (Å²) in [5.41, 5.74) is -0.602. The summed E-state index contributed by atoms with van der Waals surface area (Å²) < 4.78 is 28.7. The normalized spacial score (nSPS) is 30.3. The lowest BCUT2D eigenvalue weighted by atomic mass is 9.70. The van der Waals surface area contributed by atoms with E-state index < -0.39 is 27.0 Å². The Labute approximate surface area is 169 Å². The number of hydrogen-bond donors (Lipinski definition) is 1. The van der Waals surface area contributed by atoms with E-state index in [1.165, 1.54) is 4.90 Å². The lowest BCUT2D eigenvalue weighted by Gasteiger charge is -2.38. The van der Waals surface area contributed by atoms with Crippen LogP contribution in [0.5, 0.6) is 0 Å². The van der Waals surface area contributed by atoms with Crippen LogP contribution >= 0.6 is 23.2 Å². The number of fused-ring (bicyclic) bond motifs is 1. The molecule has 0 spiro atoms. The van der Waals surface area contributed by atoms with Gasteiger partial charge in [-0.1, -0.05) is 50.0 Å². The van der Waals surface area contributed by atoms with E-state index in [0.29, 0.717) is 23.1 Å². The van der Waals surface area contributed by atoms with Gasteiger partial charge in [0, 0.05) is 23.9 Å². The van der Waals surface area contributed by atoms with Gasteiger partial charge in [0.1, 0.15) is 0 Å². The monoisotopic (exact) mass is 435 g/mol. The molecule has 6 nitrogen and oxygen atoms in total. The van der Waals surface area contributed by atoms with Gasteiger partial charge in [-0.3, -0.25) is 4.18 Å². The van der Waals surface area contributed by atoms with Crippen molar-refractivity contribution in [3.63, 3.8) is 0 Å². The van der Waals surface area contributed by atoms with E-state index in [9.17, 15) is 18.3 Å². The van der Waals surface area contributed by atoms with Crippen molar-refractivity contribution in [2.75, 3.05) is 26.0 Å². The van der Waals surface area contributed by atoms with Crippen LogP contribution in [0.15, 0.2) is 18.2 Å². The van der Waals surface area contributed by atoms with Crippen molar-refractivity contribution in [2.24, 2.45) is 16.7 Å². The fourth-order valence-electron chi connectivity index (χ4n) is 5.16. The van der Waals surface area contributed by atoms with Crippen molar-refractivity contribution in [3.8, 4) is 0 Å². The van der Waals surface area contributed by atoms with Gasteiger partial charge in [-0.15, -0.1) is 0 Å². The van der Waals surface area contributed by atoms with Crippen LogP contribution in [0.2, 0.25) is 10.0 Å². The van der Waals surface area contributed by atoms with Gasteiger partial charge in [0.15, 0.2) is 0 Å². The number of carboxylic acid groups (broad SMARTS) is 1. The van der Waals surface area contributed by atoms with Crippen LogP contribution in [-0.2, 0) is 19.7 Å². The number of halogens is 2. The highest BCUT2D eigenvalue weighted by Crippen LogP contribution is 2.79. The van der Waals surface area contributed by atoms with Crippen molar-refractivity contribution in [1.82, 2.24) is 4.90 Å². The first-order chi connectivity index (χ1) is 12.3. The lowest BCUT2D eigenvalue weighted by molar-refractivity contribution is 0.101. The molecule has 1 saturated carbocycles. The molecule has 1 aromatic carbocycles. The molecule has 2 aliphatic rings. The van der Waals surface area contributed by atoms with Crippen LogP contribution in [0.3, 0.4) is 0 Å². The molecule has 0 radical (unpaired) electrons. The van der Waals surface area contributed by atoms with Crippen LogP contribution < -0.4 is 0 Å². The Morgan fingerprint density at radius 3 is 2.41 bits per heavy atom. The minimum atomic E-state index is -3.67. The second kappa shape index (κ2) is 6.24. The smallest absolute Gasteiger partial charge is 0.407 e. The Morgan fingerprint density at radius 1 is 1.33 bits per heavy atom. The van der Waals surface area contributed by atoms with Crippen molar-refractivity contribution >= 4 is 39.4 Å². The Hall–Kier alpha value is -1.02. The Balaban J connectivity index is 2.14. The van der Waals surface area contributed by atoms with Crippen molar-refractivity contribution in [3.05, 3.63) is 33.8 Å². The first kappa shape index (κ1) is 20.7. The Morgan fingerprint density at radius 2 is 1.96 bits per heavy atom. The largest absolute Gasteiger partial charge is 0.465 e. The molecule has 0 bridgehead atoms. The maximum atomic E-state index is 11.7. The van der Waals surface area contributed by atoms with E-state index in [-0.39, 0.29) is 17.9 Å². The van der Waals surface area contributed by atoms with Crippen LogP contribution in [-0.4, -0.2) is 50.5 Å². The number of benzene rings is 1. The molecule has 1 amide bonds. The molecule has 3 unspecified atom stereocenters. The fourth-order valence-corrected chi connectivity index (χ4v) is 5.86. The fraction of sp³-hybridized carbons (Fsp3) is 0.611. The molecule has 0 aromatic heterocycles. The first-order valence-electron chi connectivity index (χ1n) is 8.54. The summed E-state index contributed by atoms with van der Waals surface area (Å²) in [7, 11) is -3.67. The van der Waals surface area contributed by atoms with Crippen molar-refractivity contribution < 1.29 is 22.5 Å². The van der Waals surface area contributed by atoms with E-state index in [2.05, 4.69) is 0 Å². The van der Waals surface area contributed by atoms with Crippen LogP contribution in [0.1, 0.15) is 26.3 Å². The number of nitrogens with zero attached hydrogens (tertiary/aromatic N) is 1. The molecule has 1 heterocycles. The number of likely N-dealkylation sites (tertiary alicyclic amines) is 1. The Kier molecular flexibility index (Phi) is 4.79. The quantitative estimate of drug-likeness (QED) is 0.725. The van der Waals surface area contributed by atoms with Crippen LogP contribution in [0, 0.1) is 16.7 Å². The number of rotatable bonds is 4. The van der Waals surface area contributed by atoms with E-state index in [1.54, 1.807) is 12.1 Å². The molecule has 1 aliphatic heterocycles. The molecule has 9 heteroatoms. The summed E-state index contributed by atoms with van der Waals surface area (Å²) in [6, 6.07) is 5.25. The highest BCUT2D eigenvalue weighted by molar-refractivity contribution is 7.85. The molecule has 1 aliphatic carbocycles. The van der Waals surface area contributed by atoms with Crippen molar-refractivity contribution in [1.29, 1.82) is 0 Å². The predicted molar refractivity (Wildman–Crippen MR) is 104 cm³/mol. The summed E-state index contributed by atoms with van der Waals surface area (Å²) >= 11 is 12.3. The minimum Gasteiger partial charge on any atom is -0.465 e. The molecule has 3 atom stereocenters. The van der Waals surface area contributed by atoms with Gasteiger partial charge in [-0.2, -0.15) is 8.42 Å². The zero-order chi connectivity index (χ0) is 20.4. The van der Waals surface area contributed by atoms with Gasteiger partial charge in [0.05, 0.1) is 22.9 Å². The molecule has 3 rings (SSSR count). The van der Waals surface area contributed by atoms with Crippen LogP contribution in [0.4, 0.5) is 4.79 Å². The molecule has 1 aromatic rings. The van der Waals surface area contributed by atoms with E-state index in [4.69, 9.17) is 27.4 Å². The third-order valence-corrected chi connectivity index (χ3v) is 7.57. The van der Waals surface area contributed by atoms with Gasteiger partial charge in [-0.05, 0) is 29.0 Å². The van der Waals surface area contributed by atoms with Gasteiger partial charge < -0.3 is 10.0 Å². The minimum absolute atomic E-state index is 0.0564. The summed E-state index contributed by atoms with van der Waals surface area (Å²) in [5.74, 6) is -0.0832. The maximum absolute atomic E-state index is 11.7. The number of piperidine rings is 1. The third kappa shape index (κ3) is 3.03. The lowest BCUT2D eigenvalue weighted by Crippen LogP contribution is -2.44. The molecule has 27 heavy (non-hydrogen) atoms. The molecular formula is C18H23Cl2NO5S. The second-order valence-electron chi connectivity index (χ2n) is 8.50. The predicted octanol–water partition coefficient (Wildman–Crippen LogP) is 3.86. The third-order valence-electron chi connectivity index (χ3n) is 6.29. The highest BCUT2D eigenvalue weighted by Gasteiger charge is 2.83. The van der Waals surface area contributed by atoms with Gasteiger partial charge in [-0.25, -0.2) is 4.79 Å². The number of amides is 1. The molecule has 1 N–H and O–H groups in total. The maximum Gasteiger partial charge on any atom is 0.407 e. The van der Waals surface area contributed by atoms with Gasteiger partial charge in [0.2, 0.25) is 0 Å². The standard InChI is InChI=1S/C18H23Cl2NO5S/c1-16(2,3)18-9-21(15(22)23)8-14(18)17(18,10-26-27(4,24)25)11-5-6-12(19)13(20)7-11/h5-7,14H,8-10H2,1-4H3,(H,22,23). The summed E-state index contributed by atoms with van der Waals surface area (Å²) in [6.07, 6.45) is 0.0407. The average molecular weight is 436 g/mol. The van der Waals surface area contributed by atoms with Gasteiger partial charge in [0.25, 0.3) is 10.1 Å². The topological polar surface area (TPSA) is 83.9 Å². The average Bonchev–Trinajstić information content (AvgIpc) is 2.85. The summed E-state index contributed by atoms with van der Waals surface area (Å²) in [4.78, 5) is 13.0. The first-order valence-corrected chi connectivity index (χ1v) is 11.1. The number of hydrogen-bond acceptors (Lipinski definition) is 4. The SMILES string of the molecule is CC(C)(C)C12CN(C(=O)O)CC1C2(COS(C)(=O)=O)c1ccc(Cl)c(Cl)c1. The Bertz CT molecular complexity index is 898. The second-order valence-corrected chi connectivity index (χ2v) is 11.0. The van der Waals surface area contributed by atoms with E-state index in [0.717, 1.165) is 11.8 Å². The van der Waals surface area contributed by atoms with Crippen molar-refractivity contribution in [2.45, 2.75) is 26.2 Å². The summed E-state index contributed by atoms with van der Waals surface area (Å²) in [5, 5.41) is 10.2. The summed E-state index contributed by atoms with van der Waals surface area (Å²) in [6.45, 7) is 6.71. The molecule has 1 saturated heterocycles. The van der Waals surface area contributed by atoms with E-state index >= 15 is 0 Å². The number of carbonyl (C=O) groups is 1. The highest BCUT2D eigenvalue weighted by atomic mass is 35.5. The zero-order valence-electron chi connectivity index (χ0n) is 15.6.